The van der Waals surface area contributed by atoms with Crippen LogP contribution in [-0.4, -0.2) is 78.8 Å². The molecule has 8 nitrogen and oxygen atoms in total. The number of hydrogen-bond donors (Lipinski definition) is 0. The van der Waals surface area contributed by atoms with Gasteiger partial charge in [-0.15, -0.1) is 0 Å². The Morgan fingerprint density at radius 2 is 2.11 bits per heavy atom. The van der Waals surface area contributed by atoms with Crippen LogP contribution in [0.4, 0.5) is 5.82 Å². The Morgan fingerprint density at radius 1 is 1.30 bits per heavy atom. The van der Waals surface area contributed by atoms with E-state index in [1.54, 1.807) is 25.4 Å². The van der Waals surface area contributed by atoms with Gasteiger partial charge < -0.3 is 23.7 Å². The van der Waals surface area contributed by atoms with E-state index in [9.17, 15) is 4.79 Å². The smallest absolute Gasteiger partial charge is 0.256 e. The van der Waals surface area contributed by atoms with E-state index in [0.717, 1.165) is 35.5 Å². The molecule has 1 saturated heterocycles. The van der Waals surface area contributed by atoms with Gasteiger partial charge in [0.1, 0.15) is 12.1 Å². The number of rotatable bonds is 5. The largest absolute Gasteiger partial charge is 0.383 e. The second-order valence-electron chi connectivity index (χ2n) is 6.55. The second-order valence-corrected chi connectivity index (χ2v) is 6.55. The second kappa shape index (κ2) is 7.50. The third kappa shape index (κ3) is 3.11. The zero-order valence-corrected chi connectivity index (χ0v) is 15.6. The van der Waals surface area contributed by atoms with Gasteiger partial charge in [-0.1, -0.05) is 6.07 Å². The third-order valence-electron chi connectivity index (χ3n) is 4.90. The standard InChI is InChI=1S/C19H23N5O3/c1-22(7-10-26-2)19(25)15-14-5-3-4-6-24(14)18-16(15)17(20-13-21-18)23-8-11-27-12-9-23/h3-6,13H,7-12H2,1-2H3. The maximum Gasteiger partial charge on any atom is 0.256 e. The molecule has 142 valence electrons. The van der Waals surface area contributed by atoms with Crippen molar-refractivity contribution in [3.8, 4) is 0 Å². The number of amides is 1. The fourth-order valence-electron chi connectivity index (χ4n) is 3.49. The van der Waals surface area contributed by atoms with Crippen molar-refractivity contribution in [1.29, 1.82) is 0 Å². The van der Waals surface area contributed by atoms with Gasteiger partial charge in [0, 0.05) is 40.0 Å². The van der Waals surface area contributed by atoms with Crippen LogP contribution in [0.3, 0.4) is 0 Å². The molecule has 0 radical (unpaired) electrons. The molecular formula is C19H23N5O3. The molecule has 0 bridgehead atoms. The number of methoxy groups -OCH3 is 1. The van der Waals surface area contributed by atoms with Crippen molar-refractivity contribution in [2.24, 2.45) is 0 Å². The lowest BCUT2D eigenvalue weighted by atomic mass is 10.1. The van der Waals surface area contributed by atoms with E-state index < -0.39 is 0 Å². The number of anilines is 1. The Hall–Kier alpha value is -2.71. The predicted molar refractivity (Wildman–Crippen MR) is 102 cm³/mol. The fraction of sp³-hybridized carbons (Fsp3) is 0.421. The van der Waals surface area contributed by atoms with Gasteiger partial charge in [0.25, 0.3) is 5.91 Å². The first-order chi connectivity index (χ1) is 13.2. The summed E-state index contributed by atoms with van der Waals surface area (Å²) >= 11 is 0. The quantitative estimate of drug-likeness (QED) is 0.678. The van der Waals surface area contributed by atoms with E-state index in [0.29, 0.717) is 31.9 Å². The summed E-state index contributed by atoms with van der Waals surface area (Å²) < 4.78 is 12.6. The molecule has 1 amide bonds. The molecule has 0 spiro atoms. The van der Waals surface area contributed by atoms with Crippen LogP contribution in [0.1, 0.15) is 10.4 Å². The van der Waals surface area contributed by atoms with Crippen molar-refractivity contribution in [2.45, 2.75) is 0 Å². The number of carbonyl (C=O) groups excluding carboxylic acids is 1. The van der Waals surface area contributed by atoms with Gasteiger partial charge in [0.15, 0.2) is 5.65 Å². The zero-order chi connectivity index (χ0) is 18.8. The normalized spacial score (nSPS) is 14.8. The molecule has 0 N–H and O–H groups in total. The van der Waals surface area contributed by atoms with E-state index in [1.807, 2.05) is 28.8 Å². The monoisotopic (exact) mass is 369 g/mol. The number of hydrogen-bond acceptors (Lipinski definition) is 6. The minimum Gasteiger partial charge on any atom is -0.383 e. The molecule has 4 rings (SSSR count). The third-order valence-corrected chi connectivity index (χ3v) is 4.90. The average Bonchev–Trinajstić information content (AvgIpc) is 3.06. The highest BCUT2D eigenvalue weighted by atomic mass is 16.5. The zero-order valence-electron chi connectivity index (χ0n) is 15.6. The van der Waals surface area contributed by atoms with E-state index >= 15 is 0 Å². The van der Waals surface area contributed by atoms with Crippen LogP contribution in [0.5, 0.6) is 0 Å². The highest BCUT2D eigenvalue weighted by Crippen LogP contribution is 2.33. The average molecular weight is 369 g/mol. The molecule has 1 aliphatic rings. The summed E-state index contributed by atoms with van der Waals surface area (Å²) in [4.78, 5) is 26.2. The first-order valence-corrected chi connectivity index (χ1v) is 9.03. The van der Waals surface area contributed by atoms with Gasteiger partial charge in [0.2, 0.25) is 0 Å². The number of morpholine rings is 1. The molecule has 3 aromatic heterocycles. The Labute approximate surface area is 157 Å². The SMILES string of the molecule is COCCN(C)C(=O)c1c2c(N3CCOCC3)ncnc2n2ccccc12. The molecule has 1 aliphatic heterocycles. The molecule has 0 aliphatic carbocycles. The summed E-state index contributed by atoms with van der Waals surface area (Å²) in [5.74, 6) is 0.727. The summed E-state index contributed by atoms with van der Waals surface area (Å²) in [6.07, 6.45) is 3.50. The van der Waals surface area contributed by atoms with Gasteiger partial charge in [-0.3, -0.25) is 4.79 Å². The van der Waals surface area contributed by atoms with Crippen molar-refractivity contribution >= 4 is 28.3 Å². The lowest BCUT2D eigenvalue weighted by molar-refractivity contribution is 0.0748. The van der Waals surface area contributed by atoms with Crippen molar-refractivity contribution < 1.29 is 14.3 Å². The van der Waals surface area contributed by atoms with E-state index in [2.05, 4.69) is 14.9 Å². The Bertz CT molecular complexity index is 965. The van der Waals surface area contributed by atoms with Crippen molar-refractivity contribution in [1.82, 2.24) is 19.3 Å². The fourth-order valence-corrected chi connectivity index (χ4v) is 3.49. The van der Waals surface area contributed by atoms with Gasteiger partial charge in [0.05, 0.1) is 36.3 Å². The maximum atomic E-state index is 13.3. The van der Waals surface area contributed by atoms with Crippen molar-refractivity contribution in [2.75, 3.05) is 58.5 Å². The number of pyridine rings is 1. The predicted octanol–water partition coefficient (Wildman–Crippen LogP) is 1.44. The molecule has 0 atom stereocenters. The molecule has 8 heteroatoms. The van der Waals surface area contributed by atoms with Gasteiger partial charge >= 0.3 is 0 Å². The summed E-state index contributed by atoms with van der Waals surface area (Å²) in [7, 11) is 3.42. The Balaban J connectivity index is 1.92. The molecule has 3 aromatic rings. The molecule has 1 fully saturated rings. The van der Waals surface area contributed by atoms with Gasteiger partial charge in [-0.25, -0.2) is 9.97 Å². The van der Waals surface area contributed by atoms with Gasteiger partial charge in [-0.05, 0) is 12.1 Å². The minimum absolute atomic E-state index is 0.0601. The molecule has 0 aromatic carbocycles. The number of carbonyl (C=O) groups is 1. The van der Waals surface area contributed by atoms with Crippen LogP contribution in [0.15, 0.2) is 30.7 Å². The van der Waals surface area contributed by atoms with Gasteiger partial charge in [-0.2, -0.15) is 0 Å². The summed E-state index contributed by atoms with van der Waals surface area (Å²) in [6.45, 7) is 3.78. The molecule has 0 unspecified atom stereocenters. The van der Waals surface area contributed by atoms with E-state index in [-0.39, 0.29) is 5.91 Å². The summed E-state index contributed by atoms with van der Waals surface area (Å²) in [6, 6.07) is 5.82. The first-order valence-electron chi connectivity index (χ1n) is 9.03. The lowest BCUT2D eigenvalue weighted by Gasteiger charge is -2.28. The molecular weight excluding hydrogens is 346 g/mol. The lowest BCUT2D eigenvalue weighted by Crippen LogP contribution is -2.37. The van der Waals surface area contributed by atoms with Crippen LogP contribution in [0.2, 0.25) is 0 Å². The van der Waals surface area contributed by atoms with Crippen LogP contribution in [0, 0.1) is 0 Å². The Morgan fingerprint density at radius 3 is 2.89 bits per heavy atom. The highest BCUT2D eigenvalue weighted by molar-refractivity contribution is 6.16. The maximum absolute atomic E-state index is 13.3. The topological polar surface area (TPSA) is 72.2 Å². The van der Waals surface area contributed by atoms with E-state index in [1.165, 1.54) is 0 Å². The Kier molecular flexibility index (Phi) is 4.91. The molecule has 27 heavy (non-hydrogen) atoms. The van der Waals surface area contributed by atoms with Crippen molar-refractivity contribution in [3.63, 3.8) is 0 Å². The van der Waals surface area contributed by atoms with Crippen LogP contribution in [-0.2, 0) is 9.47 Å². The number of ether oxygens (including phenoxy) is 2. The van der Waals surface area contributed by atoms with Crippen molar-refractivity contribution in [3.05, 3.63) is 36.3 Å². The number of likely N-dealkylation sites (N-methyl/N-ethyl adjacent to an activating group) is 1. The highest BCUT2D eigenvalue weighted by Gasteiger charge is 2.27. The summed E-state index contributed by atoms with van der Waals surface area (Å²) in [5, 5.41) is 0.792. The minimum atomic E-state index is -0.0601. The first kappa shape index (κ1) is 17.7. The van der Waals surface area contributed by atoms with E-state index in [4.69, 9.17) is 9.47 Å². The number of fused-ring (bicyclic) bond motifs is 3. The number of nitrogens with zero attached hydrogens (tertiary/aromatic N) is 5. The van der Waals surface area contributed by atoms with Crippen LogP contribution < -0.4 is 4.90 Å². The van der Waals surface area contributed by atoms with Crippen LogP contribution in [0.25, 0.3) is 16.6 Å². The summed E-state index contributed by atoms with van der Waals surface area (Å²) in [5.41, 5.74) is 2.20. The van der Waals surface area contributed by atoms with Crippen LogP contribution >= 0.6 is 0 Å². The number of aromatic nitrogens is 3. The molecule has 0 saturated carbocycles. The molecule has 4 heterocycles.